The molecule has 0 N–H and O–H groups in total. The summed E-state index contributed by atoms with van der Waals surface area (Å²) in [6, 6.07) is 24.8. The number of hydrogen-bond acceptors (Lipinski definition) is 2. The first kappa shape index (κ1) is 13.3. The molecule has 0 saturated carbocycles. The summed E-state index contributed by atoms with van der Waals surface area (Å²) < 4.78 is 1.61. The van der Waals surface area contributed by atoms with Crippen LogP contribution < -0.4 is 5.56 Å². The molecule has 2 aromatic heterocycles. The van der Waals surface area contributed by atoms with Crippen LogP contribution in [0.4, 0.5) is 0 Å². The van der Waals surface area contributed by atoms with Gasteiger partial charge in [-0.15, -0.1) is 0 Å². The molecule has 108 valence electrons. The van der Waals surface area contributed by atoms with Crippen molar-refractivity contribution in [1.29, 1.82) is 5.26 Å². The number of nitrogens with zero attached hydrogens (tertiary/aromatic N) is 2. The smallest absolute Gasteiger partial charge is 0.256 e. The Labute approximate surface area is 132 Å². The highest BCUT2D eigenvalue weighted by atomic mass is 16.1. The Morgan fingerprint density at radius 2 is 1.57 bits per heavy atom. The molecule has 0 atom stereocenters. The average molecular weight is 296 g/mol. The van der Waals surface area contributed by atoms with Gasteiger partial charge >= 0.3 is 0 Å². The van der Waals surface area contributed by atoms with Gasteiger partial charge in [0.15, 0.2) is 0 Å². The molecule has 4 rings (SSSR count). The Morgan fingerprint density at radius 3 is 2.35 bits per heavy atom. The topological polar surface area (TPSA) is 45.3 Å². The summed E-state index contributed by atoms with van der Waals surface area (Å²) in [5, 5.41) is 10.6. The van der Waals surface area contributed by atoms with Crippen molar-refractivity contribution in [2.45, 2.75) is 0 Å². The Kier molecular flexibility index (Phi) is 2.96. The highest BCUT2D eigenvalue weighted by Gasteiger charge is 2.13. The lowest BCUT2D eigenvalue weighted by atomic mass is 10.00. The van der Waals surface area contributed by atoms with Gasteiger partial charge in [0, 0.05) is 11.6 Å². The van der Waals surface area contributed by atoms with Crippen molar-refractivity contribution >= 4 is 16.4 Å². The van der Waals surface area contributed by atoms with Gasteiger partial charge in [-0.05, 0) is 23.1 Å². The summed E-state index contributed by atoms with van der Waals surface area (Å²) in [6.07, 6.45) is 0. The maximum atomic E-state index is 12.7. The second kappa shape index (κ2) is 5.11. The second-order valence-electron chi connectivity index (χ2n) is 5.36. The van der Waals surface area contributed by atoms with Crippen LogP contribution in [0.25, 0.3) is 27.5 Å². The predicted molar refractivity (Wildman–Crippen MR) is 91.3 cm³/mol. The highest BCUT2D eigenvalue weighted by molar-refractivity contribution is 5.87. The fourth-order valence-corrected chi connectivity index (χ4v) is 3.00. The van der Waals surface area contributed by atoms with Gasteiger partial charge in [-0.1, -0.05) is 54.6 Å². The molecule has 2 heterocycles. The number of rotatable bonds is 1. The lowest BCUT2D eigenvalue weighted by Crippen LogP contribution is -2.15. The summed E-state index contributed by atoms with van der Waals surface area (Å²) in [4.78, 5) is 12.7. The van der Waals surface area contributed by atoms with E-state index in [1.54, 1.807) is 10.5 Å². The Bertz CT molecular complexity index is 1140. The zero-order valence-electron chi connectivity index (χ0n) is 12.2. The number of pyridine rings is 2. The Balaban J connectivity index is 2.20. The fourth-order valence-electron chi connectivity index (χ4n) is 3.00. The number of fused-ring (bicyclic) bond motifs is 3. The van der Waals surface area contributed by atoms with Gasteiger partial charge in [0.05, 0.1) is 16.6 Å². The van der Waals surface area contributed by atoms with E-state index in [0.29, 0.717) is 16.6 Å². The van der Waals surface area contributed by atoms with Crippen molar-refractivity contribution < 1.29 is 0 Å². The maximum Gasteiger partial charge on any atom is 0.256 e. The van der Waals surface area contributed by atoms with Gasteiger partial charge in [0.2, 0.25) is 0 Å². The molecule has 0 unspecified atom stereocenters. The van der Waals surface area contributed by atoms with E-state index >= 15 is 0 Å². The van der Waals surface area contributed by atoms with Crippen LogP contribution in [-0.2, 0) is 0 Å². The van der Waals surface area contributed by atoms with Crippen LogP contribution in [0.15, 0.2) is 77.6 Å². The summed E-state index contributed by atoms with van der Waals surface area (Å²) in [6.45, 7) is 0. The van der Waals surface area contributed by atoms with Gasteiger partial charge in [-0.2, -0.15) is 5.26 Å². The zero-order chi connectivity index (χ0) is 15.8. The summed E-state index contributed by atoms with van der Waals surface area (Å²) in [5.41, 5.74) is 3.38. The van der Waals surface area contributed by atoms with E-state index < -0.39 is 0 Å². The standard InChI is InChI=1S/C20H12N2O/c21-13-17-16(14-6-2-1-3-7-14)12-20(23)22-18-9-5-4-8-15(18)10-11-19(17)22/h1-12H. The lowest BCUT2D eigenvalue weighted by molar-refractivity contribution is 1.15. The molecule has 0 fully saturated rings. The SMILES string of the molecule is N#Cc1c(-c2ccccc2)cc(=O)n2c1ccc1ccccc12. The number of aromatic nitrogens is 1. The molecule has 0 amide bonds. The zero-order valence-corrected chi connectivity index (χ0v) is 12.2. The van der Waals surface area contributed by atoms with Gasteiger partial charge in [0.25, 0.3) is 5.56 Å². The third-order valence-corrected chi connectivity index (χ3v) is 4.05. The molecule has 0 aliphatic carbocycles. The quantitative estimate of drug-likeness (QED) is 0.498. The largest absolute Gasteiger partial charge is 0.276 e. The molecular weight excluding hydrogens is 284 g/mol. The van der Waals surface area contributed by atoms with E-state index in [9.17, 15) is 10.1 Å². The highest BCUT2D eigenvalue weighted by Crippen LogP contribution is 2.26. The molecular formula is C20H12N2O. The minimum atomic E-state index is -0.130. The van der Waals surface area contributed by atoms with E-state index in [2.05, 4.69) is 6.07 Å². The normalized spacial score (nSPS) is 10.7. The molecule has 3 heteroatoms. The van der Waals surface area contributed by atoms with Crippen LogP contribution in [-0.4, -0.2) is 4.40 Å². The van der Waals surface area contributed by atoms with Crippen molar-refractivity contribution in [3.8, 4) is 17.2 Å². The molecule has 0 aliphatic rings. The molecule has 2 aromatic carbocycles. The predicted octanol–water partition coefficient (Wildman–Crippen LogP) is 3.99. The molecule has 3 nitrogen and oxygen atoms in total. The van der Waals surface area contributed by atoms with Crippen LogP contribution in [0, 0.1) is 11.3 Å². The van der Waals surface area contributed by atoms with Crippen LogP contribution in [0.5, 0.6) is 0 Å². The van der Waals surface area contributed by atoms with E-state index in [4.69, 9.17) is 0 Å². The molecule has 4 aromatic rings. The van der Waals surface area contributed by atoms with Gasteiger partial charge in [-0.25, -0.2) is 0 Å². The van der Waals surface area contributed by atoms with Crippen LogP contribution >= 0.6 is 0 Å². The molecule has 0 radical (unpaired) electrons. The average Bonchev–Trinajstić information content (AvgIpc) is 2.61. The summed E-state index contributed by atoms with van der Waals surface area (Å²) in [7, 11) is 0. The first-order valence-electron chi connectivity index (χ1n) is 7.32. The number of hydrogen-bond donors (Lipinski definition) is 0. The molecule has 23 heavy (non-hydrogen) atoms. The second-order valence-corrected chi connectivity index (χ2v) is 5.36. The molecule has 0 spiro atoms. The van der Waals surface area contributed by atoms with Gasteiger partial charge in [-0.3, -0.25) is 9.20 Å². The lowest BCUT2D eigenvalue weighted by Gasteiger charge is -2.11. The van der Waals surface area contributed by atoms with Crippen molar-refractivity contribution in [2.24, 2.45) is 0 Å². The van der Waals surface area contributed by atoms with E-state index in [0.717, 1.165) is 16.5 Å². The maximum absolute atomic E-state index is 12.7. The number of para-hydroxylation sites is 1. The van der Waals surface area contributed by atoms with Gasteiger partial charge < -0.3 is 0 Å². The van der Waals surface area contributed by atoms with Crippen LogP contribution in [0.2, 0.25) is 0 Å². The van der Waals surface area contributed by atoms with Crippen molar-refractivity contribution in [3.63, 3.8) is 0 Å². The Morgan fingerprint density at radius 1 is 0.826 bits per heavy atom. The third kappa shape index (κ3) is 2.01. The fraction of sp³-hybridized carbons (Fsp3) is 0. The minimum Gasteiger partial charge on any atom is -0.276 e. The minimum absolute atomic E-state index is 0.130. The van der Waals surface area contributed by atoms with Crippen molar-refractivity contribution in [1.82, 2.24) is 4.40 Å². The number of benzene rings is 2. The van der Waals surface area contributed by atoms with Gasteiger partial charge in [0.1, 0.15) is 6.07 Å². The number of nitriles is 1. The monoisotopic (exact) mass is 296 g/mol. The molecule has 0 bridgehead atoms. The third-order valence-electron chi connectivity index (χ3n) is 4.05. The Hall–Kier alpha value is -3.38. The van der Waals surface area contributed by atoms with Crippen LogP contribution in [0.1, 0.15) is 5.56 Å². The first-order chi connectivity index (χ1) is 11.3. The van der Waals surface area contributed by atoms with Crippen molar-refractivity contribution in [2.75, 3.05) is 0 Å². The van der Waals surface area contributed by atoms with E-state index in [1.165, 1.54) is 0 Å². The summed E-state index contributed by atoms with van der Waals surface area (Å²) >= 11 is 0. The van der Waals surface area contributed by atoms with Crippen molar-refractivity contribution in [3.05, 3.63) is 88.7 Å². The summed E-state index contributed by atoms with van der Waals surface area (Å²) in [5.74, 6) is 0. The van der Waals surface area contributed by atoms with E-state index in [-0.39, 0.29) is 5.56 Å². The molecule has 0 aliphatic heterocycles. The van der Waals surface area contributed by atoms with Crippen LogP contribution in [0.3, 0.4) is 0 Å². The van der Waals surface area contributed by atoms with E-state index in [1.807, 2.05) is 66.7 Å². The first-order valence-corrected chi connectivity index (χ1v) is 7.32. The molecule has 0 saturated heterocycles.